The van der Waals surface area contributed by atoms with Crippen molar-refractivity contribution in [1.82, 2.24) is 25.5 Å². The lowest BCUT2D eigenvalue weighted by Crippen LogP contribution is -2.58. The van der Waals surface area contributed by atoms with Gasteiger partial charge in [0.05, 0.1) is 24.9 Å². The number of carbonyl (C=O) groups is 2. The van der Waals surface area contributed by atoms with Crippen LogP contribution in [0.1, 0.15) is 56.8 Å². The van der Waals surface area contributed by atoms with Gasteiger partial charge in [0.15, 0.2) is 0 Å². The predicted octanol–water partition coefficient (Wildman–Crippen LogP) is 1.48. The van der Waals surface area contributed by atoms with Crippen molar-refractivity contribution in [2.45, 2.75) is 58.6 Å². The van der Waals surface area contributed by atoms with Crippen LogP contribution < -0.4 is 10.6 Å². The Labute approximate surface area is 208 Å². The summed E-state index contributed by atoms with van der Waals surface area (Å²) < 4.78 is 5.38. The number of nitrogens with one attached hydrogen (secondary N) is 2. The maximum absolute atomic E-state index is 13.0. The third kappa shape index (κ3) is 5.84. The van der Waals surface area contributed by atoms with Gasteiger partial charge in [0.2, 0.25) is 5.91 Å². The summed E-state index contributed by atoms with van der Waals surface area (Å²) in [5.41, 5.74) is 0.455. The molecule has 2 saturated carbocycles. The van der Waals surface area contributed by atoms with Gasteiger partial charge in [-0.15, -0.1) is 0 Å². The Bertz CT molecular complexity index is 865. The van der Waals surface area contributed by atoms with E-state index in [0.29, 0.717) is 12.1 Å². The van der Waals surface area contributed by atoms with Gasteiger partial charge in [0, 0.05) is 50.5 Å². The quantitative estimate of drug-likeness (QED) is 0.533. The second kappa shape index (κ2) is 11.3. The molecule has 0 aromatic carbocycles. The second-order valence-electron chi connectivity index (χ2n) is 11.0. The van der Waals surface area contributed by atoms with Crippen molar-refractivity contribution in [1.29, 1.82) is 0 Å². The maximum Gasteiger partial charge on any atom is 0.254 e. The fraction of sp³-hybridized carbons (Fsp3) is 0.769. The molecule has 0 bridgehead atoms. The van der Waals surface area contributed by atoms with Crippen LogP contribution in [0.2, 0.25) is 0 Å². The van der Waals surface area contributed by atoms with E-state index in [1.807, 2.05) is 6.92 Å². The van der Waals surface area contributed by atoms with E-state index < -0.39 is 6.10 Å². The molecule has 1 aromatic rings. The Kier molecular flexibility index (Phi) is 8.39. The van der Waals surface area contributed by atoms with E-state index in [-0.39, 0.29) is 46.9 Å². The molecule has 3 aliphatic rings. The highest BCUT2D eigenvalue weighted by Crippen LogP contribution is 2.55. The van der Waals surface area contributed by atoms with Gasteiger partial charge in [-0.25, -0.2) is 9.97 Å². The van der Waals surface area contributed by atoms with Gasteiger partial charge in [-0.3, -0.25) is 14.5 Å². The van der Waals surface area contributed by atoms with Crippen molar-refractivity contribution in [3.63, 3.8) is 0 Å². The lowest BCUT2D eigenvalue weighted by molar-refractivity contribution is -0.142. The van der Waals surface area contributed by atoms with Gasteiger partial charge < -0.3 is 20.5 Å². The molecule has 9 heteroatoms. The zero-order valence-electron chi connectivity index (χ0n) is 21.3. The number of carbonyl (C=O) groups excluding carboxylic acids is 2. The van der Waals surface area contributed by atoms with Crippen molar-refractivity contribution in [3.05, 3.63) is 24.3 Å². The van der Waals surface area contributed by atoms with E-state index in [9.17, 15) is 14.7 Å². The van der Waals surface area contributed by atoms with Crippen LogP contribution in [0.15, 0.2) is 18.7 Å². The minimum Gasteiger partial charge on any atom is -0.392 e. The molecule has 0 unspecified atom stereocenters. The molecule has 7 atom stereocenters. The molecule has 2 aliphatic carbocycles. The van der Waals surface area contributed by atoms with Crippen LogP contribution in [-0.2, 0) is 9.53 Å². The van der Waals surface area contributed by atoms with Crippen molar-refractivity contribution >= 4 is 11.8 Å². The van der Waals surface area contributed by atoms with Gasteiger partial charge >= 0.3 is 0 Å². The molecule has 194 valence electrons. The molecule has 3 N–H and O–H groups in total. The average Bonchev–Trinajstić information content (AvgIpc) is 2.86. The summed E-state index contributed by atoms with van der Waals surface area (Å²) in [5, 5.41) is 17.8. The Balaban J connectivity index is 1.36. The zero-order valence-corrected chi connectivity index (χ0v) is 21.3. The van der Waals surface area contributed by atoms with Crippen LogP contribution >= 0.6 is 0 Å². The second-order valence-corrected chi connectivity index (χ2v) is 11.0. The summed E-state index contributed by atoms with van der Waals surface area (Å²) in [5.74, 6) is -0.393. The lowest BCUT2D eigenvalue weighted by atomic mass is 9.51. The molecule has 9 nitrogen and oxygen atoms in total. The number of hydrogen-bond acceptors (Lipinski definition) is 7. The highest BCUT2D eigenvalue weighted by atomic mass is 16.5. The first-order valence-electron chi connectivity index (χ1n) is 13.1. The number of amides is 2. The number of fused-ring (bicyclic) bond motifs is 1. The largest absolute Gasteiger partial charge is 0.392 e. The van der Waals surface area contributed by atoms with Gasteiger partial charge in [0.1, 0.15) is 6.33 Å². The number of hydrogen-bond donors (Lipinski definition) is 3. The molecule has 1 aromatic heterocycles. The average molecular weight is 488 g/mol. The minimum absolute atomic E-state index is 0.0128. The molecule has 1 saturated heterocycles. The molecule has 0 radical (unpaired) electrons. The molecule has 2 amide bonds. The number of morpholine rings is 1. The topological polar surface area (TPSA) is 117 Å². The Hall–Kier alpha value is -2.10. The Morgan fingerprint density at radius 2 is 1.91 bits per heavy atom. The SMILES string of the molecule is C[C@@H]1[C@@H]2[C@@H](O)[C@H]([C@H](C)C(=O)NCCN3CCOCC3)CC[C@]2(C)CC[C@@H]1NC(=O)c1cncnc1. The first-order chi connectivity index (χ1) is 16.8. The first kappa shape index (κ1) is 26.0. The molecule has 4 rings (SSSR count). The van der Waals surface area contributed by atoms with Crippen LogP contribution in [0.3, 0.4) is 0 Å². The van der Waals surface area contributed by atoms with Gasteiger partial charge in [-0.05, 0) is 48.9 Å². The smallest absolute Gasteiger partial charge is 0.254 e. The Morgan fingerprint density at radius 1 is 1.23 bits per heavy atom. The molecule has 35 heavy (non-hydrogen) atoms. The molecule has 3 fully saturated rings. The molecule has 0 spiro atoms. The van der Waals surface area contributed by atoms with Crippen LogP contribution in [0, 0.1) is 29.1 Å². The van der Waals surface area contributed by atoms with E-state index >= 15 is 0 Å². The number of nitrogens with zero attached hydrogens (tertiary/aromatic N) is 3. The summed E-state index contributed by atoms with van der Waals surface area (Å²) in [6.45, 7) is 11.1. The highest BCUT2D eigenvalue weighted by Gasteiger charge is 2.53. The standard InChI is InChI=1S/C26H41N5O4/c1-17(24(33)29-8-9-31-10-12-35-13-11-31)20-4-6-26(3)7-5-21(18(2)22(26)23(20)32)30-25(34)19-14-27-16-28-15-19/h14-18,20-23,32H,4-13H2,1-3H3,(H,29,33)(H,30,34)/t17-,18-,20-,21-,22+,23-,26+/m0/s1. The third-order valence-corrected chi connectivity index (χ3v) is 8.91. The van der Waals surface area contributed by atoms with Crippen LogP contribution in [-0.4, -0.2) is 83.3 Å². The summed E-state index contributed by atoms with van der Waals surface area (Å²) in [4.78, 5) is 35.9. The summed E-state index contributed by atoms with van der Waals surface area (Å²) in [7, 11) is 0. The summed E-state index contributed by atoms with van der Waals surface area (Å²) in [6, 6.07) is -0.0353. The zero-order chi connectivity index (χ0) is 25.0. The number of aliphatic hydroxyl groups is 1. The van der Waals surface area contributed by atoms with E-state index in [1.165, 1.54) is 18.7 Å². The first-order valence-corrected chi connectivity index (χ1v) is 13.1. The lowest BCUT2D eigenvalue weighted by Gasteiger charge is -2.56. The molecule has 2 heterocycles. The maximum atomic E-state index is 13.0. The van der Waals surface area contributed by atoms with Crippen LogP contribution in [0.25, 0.3) is 0 Å². The van der Waals surface area contributed by atoms with E-state index in [4.69, 9.17) is 4.74 Å². The highest BCUT2D eigenvalue weighted by molar-refractivity contribution is 5.93. The fourth-order valence-corrected chi connectivity index (χ4v) is 6.68. The van der Waals surface area contributed by atoms with Crippen molar-refractivity contribution < 1.29 is 19.4 Å². The van der Waals surface area contributed by atoms with Crippen LogP contribution in [0.4, 0.5) is 0 Å². The van der Waals surface area contributed by atoms with Crippen LogP contribution in [0.5, 0.6) is 0 Å². The van der Waals surface area contributed by atoms with Gasteiger partial charge in [-0.2, -0.15) is 0 Å². The predicted molar refractivity (Wildman–Crippen MR) is 131 cm³/mol. The monoisotopic (exact) mass is 487 g/mol. The summed E-state index contributed by atoms with van der Waals surface area (Å²) in [6.07, 6.45) is 7.52. The van der Waals surface area contributed by atoms with Gasteiger partial charge in [-0.1, -0.05) is 20.8 Å². The van der Waals surface area contributed by atoms with Crippen molar-refractivity contribution in [3.8, 4) is 0 Å². The normalized spacial score (nSPS) is 34.5. The van der Waals surface area contributed by atoms with E-state index in [0.717, 1.165) is 58.5 Å². The van der Waals surface area contributed by atoms with E-state index in [2.05, 4.69) is 39.3 Å². The van der Waals surface area contributed by atoms with Crippen molar-refractivity contribution in [2.75, 3.05) is 39.4 Å². The number of ether oxygens (including phenoxy) is 1. The number of rotatable bonds is 7. The molecular formula is C26H41N5O4. The van der Waals surface area contributed by atoms with Gasteiger partial charge in [0.25, 0.3) is 5.91 Å². The van der Waals surface area contributed by atoms with Crippen molar-refractivity contribution in [2.24, 2.45) is 29.1 Å². The fourth-order valence-electron chi connectivity index (χ4n) is 6.68. The van der Waals surface area contributed by atoms with E-state index in [1.54, 1.807) is 0 Å². The summed E-state index contributed by atoms with van der Waals surface area (Å²) >= 11 is 0. The Morgan fingerprint density at radius 3 is 2.63 bits per heavy atom. The minimum atomic E-state index is -0.580. The number of aliphatic hydroxyl groups excluding tert-OH is 1. The molecule has 1 aliphatic heterocycles. The third-order valence-electron chi connectivity index (χ3n) is 8.91. The number of aromatic nitrogens is 2. The molecular weight excluding hydrogens is 446 g/mol.